The van der Waals surface area contributed by atoms with E-state index in [0.717, 1.165) is 47.0 Å². The van der Waals surface area contributed by atoms with Crippen LogP contribution in [0.3, 0.4) is 0 Å². The smallest absolute Gasteiger partial charge is 0.306 e. The molecule has 4 rings (SSSR count). The van der Waals surface area contributed by atoms with Crippen molar-refractivity contribution in [2.24, 2.45) is 11.8 Å². The van der Waals surface area contributed by atoms with Gasteiger partial charge >= 0.3 is 5.97 Å². The lowest BCUT2D eigenvalue weighted by Gasteiger charge is -2.48. The number of carbonyl (C=O) groups excluding carboxylic acids is 1. The predicted octanol–water partition coefficient (Wildman–Crippen LogP) is 8.37. The topological polar surface area (TPSA) is 64.6 Å². The van der Waals surface area contributed by atoms with Gasteiger partial charge in [-0.1, -0.05) is 55.8 Å². The van der Waals surface area contributed by atoms with Gasteiger partial charge in [-0.3, -0.25) is 14.8 Å². The van der Waals surface area contributed by atoms with E-state index in [2.05, 4.69) is 96.9 Å². The number of fused-ring (bicyclic) bond motifs is 1. The lowest BCUT2D eigenvalue weighted by atomic mass is 9.84. The molecule has 0 aliphatic carbocycles. The number of piperidine rings is 1. The Morgan fingerprint density at radius 3 is 2.45 bits per heavy atom. The van der Waals surface area contributed by atoms with Crippen LogP contribution in [0.4, 0.5) is 5.69 Å². The average Bonchev–Trinajstić information content (AvgIpc) is 2.87. The van der Waals surface area contributed by atoms with Crippen LogP contribution in [0, 0.1) is 11.8 Å². The second kappa shape index (κ2) is 12.7. The van der Waals surface area contributed by atoms with E-state index in [1.165, 1.54) is 11.3 Å². The van der Waals surface area contributed by atoms with Gasteiger partial charge in [-0.2, -0.15) is 0 Å². The number of hydrogen-bond donors (Lipinski definition) is 0. The maximum Gasteiger partial charge on any atom is 0.306 e. The van der Waals surface area contributed by atoms with E-state index in [9.17, 15) is 4.79 Å². The van der Waals surface area contributed by atoms with Gasteiger partial charge in [0.2, 0.25) is 0 Å². The molecule has 3 aromatic rings. The summed E-state index contributed by atoms with van der Waals surface area (Å²) >= 11 is 3.56. The summed E-state index contributed by atoms with van der Waals surface area (Å²) in [6, 6.07) is 12.6. The van der Waals surface area contributed by atoms with Gasteiger partial charge in [-0.05, 0) is 87.5 Å². The number of aromatic nitrogens is 2. The predicted molar refractivity (Wildman–Crippen MR) is 178 cm³/mol. The molecule has 6 nitrogen and oxygen atoms in total. The van der Waals surface area contributed by atoms with Crippen molar-refractivity contribution in [1.82, 2.24) is 9.97 Å². The van der Waals surface area contributed by atoms with Crippen molar-refractivity contribution in [2.75, 3.05) is 18.0 Å². The summed E-state index contributed by atoms with van der Waals surface area (Å²) in [5, 5.41) is 1.22. The quantitative estimate of drug-likeness (QED) is 0.180. The Bertz CT molecular complexity index is 1400. The minimum Gasteiger partial charge on any atom is -0.460 e. The van der Waals surface area contributed by atoms with E-state index in [-0.39, 0.29) is 28.9 Å². The monoisotopic (exact) mass is 653 g/mol. The molecule has 8 heteroatoms. The third kappa shape index (κ3) is 8.20. The number of aryl methyl sites for hydroxylation is 2. The van der Waals surface area contributed by atoms with Crippen LogP contribution in [0.2, 0.25) is 18.1 Å². The number of esters is 1. The molecule has 3 atom stereocenters. The zero-order chi connectivity index (χ0) is 30.9. The fourth-order valence-corrected chi connectivity index (χ4v) is 7.34. The van der Waals surface area contributed by atoms with Crippen molar-refractivity contribution >= 4 is 46.8 Å². The van der Waals surface area contributed by atoms with Crippen molar-refractivity contribution in [3.8, 4) is 0 Å². The summed E-state index contributed by atoms with van der Waals surface area (Å²) in [6.45, 7) is 21.1. The van der Waals surface area contributed by atoms with Gasteiger partial charge in [-0.25, -0.2) is 0 Å². The summed E-state index contributed by atoms with van der Waals surface area (Å²) in [4.78, 5) is 25.0. The van der Waals surface area contributed by atoms with Crippen LogP contribution in [0.25, 0.3) is 10.9 Å². The Labute approximate surface area is 261 Å². The normalized spacial score (nSPS) is 20.1. The van der Waals surface area contributed by atoms with E-state index in [1.807, 2.05) is 39.2 Å². The molecule has 1 saturated heterocycles. The van der Waals surface area contributed by atoms with Crippen molar-refractivity contribution < 1.29 is 14.0 Å². The summed E-state index contributed by atoms with van der Waals surface area (Å²) in [7, 11) is -2.05. The van der Waals surface area contributed by atoms with Crippen LogP contribution in [-0.4, -0.2) is 49.0 Å². The molecule has 3 heterocycles. The Morgan fingerprint density at radius 2 is 1.76 bits per heavy atom. The largest absolute Gasteiger partial charge is 0.460 e. The zero-order valence-corrected chi connectivity index (χ0v) is 29.4. The molecule has 0 spiro atoms. The molecular weight excluding hydrogens is 606 g/mol. The van der Waals surface area contributed by atoms with Gasteiger partial charge in [-0.15, -0.1) is 0 Å². The van der Waals surface area contributed by atoms with E-state index in [0.29, 0.717) is 6.42 Å². The minimum atomic E-state index is -2.05. The summed E-state index contributed by atoms with van der Waals surface area (Å²) in [5.74, 6) is 0.121. The summed E-state index contributed by atoms with van der Waals surface area (Å²) in [6.07, 6.45) is 5.86. The SMILES string of the molecule is C[C@H]1CN(c2ccncc2CCc2ccc3ccc(Br)cc3n2)C[C@@H](CC(=O)OC(C)(C)C)[C@@H]1O[Si](C)(C)C(C)(C)C. The molecule has 42 heavy (non-hydrogen) atoms. The van der Waals surface area contributed by atoms with Crippen molar-refractivity contribution in [2.45, 2.75) is 97.6 Å². The third-order valence-electron chi connectivity index (χ3n) is 8.66. The van der Waals surface area contributed by atoms with Crippen molar-refractivity contribution in [3.05, 3.63) is 64.5 Å². The molecule has 2 aromatic heterocycles. The van der Waals surface area contributed by atoms with Gasteiger partial charge in [0.1, 0.15) is 5.60 Å². The van der Waals surface area contributed by atoms with E-state index < -0.39 is 13.9 Å². The zero-order valence-electron chi connectivity index (χ0n) is 26.8. The molecule has 0 amide bonds. The number of carbonyl (C=O) groups is 1. The molecule has 0 bridgehead atoms. The third-order valence-corrected chi connectivity index (χ3v) is 13.6. The maximum absolute atomic E-state index is 13.1. The van der Waals surface area contributed by atoms with Crippen LogP contribution < -0.4 is 4.90 Å². The number of benzene rings is 1. The molecule has 1 aromatic carbocycles. The second-order valence-corrected chi connectivity index (χ2v) is 20.1. The van der Waals surface area contributed by atoms with Crippen molar-refractivity contribution in [3.63, 3.8) is 0 Å². The minimum absolute atomic E-state index is 0.000992. The van der Waals surface area contributed by atoms with E-state index in [1.54, 1.807) is 0 Å². The number of nitrogens with zero attached hydrogens (tertiary/aromatic N) is 3. The molecule has 0 N–H and O–H groups in total. The summed E-state index contributed by atoms with van der Waals surface area (Å²) < 4.78 is 13.9. The Balaban J connectivity index is 1.57. The van der Waals surface area contributed by atoms with Gasteiger partial charge in [0.25, 0.3) is 0 Å². The van der Waals surface area contributed by atoms with E-state index >= 15 is 0 Å². The number of pyridine rings is 2. The van der Waals surface area contributed by atoms with Crippen LogP contribution >= 0.6 is 15.9 Å². The highest BCUT2D eigenvalue weighted by atomic mass is 79.9. The lowest BCUT2D eigenvalue weighted by molar-refractivity contribution is -0.157. The Morgan fingerprint density at radius 1 is 1.05 bits per heavy atom. The Kier molecular flexibility index (Phi) is 9.90. The van der Waals surface area contributed by atoms with Gasteiger partial charge in [0.15, 0.2) is 8.32 Å². The molecule has 0 saturated carbocycles. The highest BCUT2D eigenvalue weighted by Crippen LogP contribution is 2.41. The maximum atomic E-state index is 13.1. The molecule has 1 fully saturated rings. The summed E-state index contributed by atoms with van der Waals surface area (Å²) in [5.41, 5.74) is 3.92. The first-order chi connectivity index (χ1) is 19.5. The van der Waals surface area contributed by atoms with Gasteiger partial charge in [0.05, 0.1) is 18.0 Å². The van der Waals surface area contributed by atoms with Crippen LogP contribution in [0.1, 0.15) is 66.1 Å². The lowest BCUT2D eigenvalue weighted by Crippen LogP contribution is -2.55. The molecule has 228 valence electrons. The number of halogens is 1. The number of anilines is 1. The first-order valence-electron chi connectivity index (χ1n) is 15.1. The Hall–Kier alpha value is -2.29. The molecule has 1 aliphatic heterocycles. The molecule has 0 unspecified atom stereocenters. The van der Waals surface area contributed by atoms with E-state index in [4.69, 9.17) is 14.1 Å². The molecule has 0 radical (unpaired) electrons. The molecular formula is C34H48BrN3O3Si. The average molecular weight is 655 g/mol. The first kappa shape index (κ1) is 32.6. The van der Waals surface area contributed by atoms with Gasteiger partial charge < -0.3 is 14.1 Å². The van der Waals surface area contributed by atoms with Gasteiger partial charge in [0, 0.05) is 52.6 Å². The number of rotatable bonds is 8. The van der Waals surface area contributed by atoms with Crippen LogP contribution in [0.5, 0.6) is 0 Å². The van der Waals surface area contributed by atoms with Crippen LogP contribution in [-0.2, 0) is 26.8 Å². The fraction of sp³-hybridized carbons (Fsp3) is 0.559. The number of ether oxygens (including phenoxy) is 1. The highest BCUT2D eigenvalue weighted by Gasteiger charge is 2.45. The van der Waals surface area contributed by atoms with Crippen LogP contribution in [0.15, 0.2) is 53.3 Å². The second-order valence-electron chi connectivity index (χ2n) is 14.4. The first-order valence-corrected chi connectivity index (χ1v) is 18.9. The fourth-order valence-electron chi connectivity index (χ4n) is 5.54. The standard InChI is InChI=1S/C34H48BrN3O3Si/c1-23-21-38(22-26(18-31(39)40-33(2,3)4)32(23)41-42(8,9)34(5,6)7)30-16-17-36-20-25(30)12-15-28-14-11-24-10-13-27(35)19-29(24)37-28/h10-11,13-14,16-17,19-20,23,26,32H,12,15,18,21-22H2,1-9H3/t23-,26+,32+/m0/s1. The number of hydrogen-bond acceptors (Lipinski definition) is 6. The molecule has 1 aliphatic rings. The van der Waals surface area contributed by atoms with Crippen molar-refractivity contribution in [1.29, 1.82) is 0 Å². The highest BCUT2D eigenvalue weighted by molar-refractivity contribution is 9.10.